The van der Waals surface area contributed by atoms with Crippen LogP contribution in [0.1, 0.15) is 18.1 Å². The van der Waals surface area contributed by atoms with Crippen molar-refractivity contribution in [2.45, 2.75) is 20.8 Å². The predicted octanol–water partition coefficient (Wildman–Crippen LogP) is 4.05. The molecule has 0 saturated heterocycles. The highest BCUT2D eigenvalue weighted by molar-refractivity contribution is 7.15. The Kier molecular flexibility index (Phi) is 5.68. The van der Waals surface area contributed by atoms with Crippen LogP contribution in [0.2, 0.25) is 0 Å². The lowest BCUT2D eigenvalue weighted by Crippen LogP contribution is -2.21. The molecule has 0 radical (unpaired) electrons. The summed E-state index contributed by atoms with van der Waals surface area (Å²) in [4.78, 5) is 28.5. The third kappa shape index (κ3) is 4.56. The number of carbonyl (C=O) groups excluding carboxylic acids is 2. The second-order valence-corrected chi connectivity index (χ2v) is 7.88. The highest BCUT2D eigenvalue weighted by Gasteiger charge is 2.14. The van der Waals surface area contributed by atoms with Crippen LogP contribution in [-0.4, -0.2) is 33.0 Å². The number of hydrogen-bond donors (Lipinski definition) is 2. The average Bonchev–Trinajstić information content (AvgIpc) is 3.29. The van der Waals surface area contributed by atoms with Gasteiger partial charge in [-0.05, 0) is 43.2 Å². The van der Waals surface area contributed by atoms with Gasteiger partial charge in [0.1, 0.15) is 5.75 Å². The van der Waals surface area contributed by atoms with E-state index in [-0.39, 0.29) is 24.4 Å². The molecule has 31 heavy (non-hydrogen) atoms. The van der Waals surface area contributed by atoms with Crippen molar-refractivity contribution in [2.24, 2.45) is 0 Å². The summed E-state index contributed by atoms with van der Waals surface area (Å²) < 4.78 is 7.32. The summed E-state index contributed by atoms with van der Waals surface area (Å²) in [5.74, 6) is 0.445. The summed E-state index contributed by atoms with van der Waals surface area (Å²) in [6.45, 7) is 5.29. The number of anilines is 2. The Morgan fingerprint density at radius 2 is 1.87 bits per heavy atom. The normalized spacial score (nSPS) is 10.8. The van der Waals surface area contributed by atoms with Crippen LogP contribution in [0.25, 0.3) is 16.2 Å². The first-order valence-electron chi connectivity index (χ1n) is 9.62. The Labute approximate surface area is 182 Å². The van der Waals surface area contributed by atoms with E-state index in [1.807, 2.05) is 61.7 Å². The number of nitrogens with zero attached hydrogens (tertiary/aromatic N) is 3. The Hall–Kier alpha value is -3.72. The van der Waals surface area contributed by atoms with E-state index in [2.05, 4.69) is 20.7 Å². The van der Waals surface area contributed by atoms with Gasteiger partial charge in [-0.1, -0.05) is 24.3 Å². The SMILES string of the molecule is CC(=O)Nc1ccc(-c2csc3nc(NC(=O)COc4cccc(C)c4C)nn23)cc1. The Balaban J connectivity index is 1.45. The third-order valence-corrected chi connectivity index (χ3v) is 5.56. The standard InChI is InChI=1S/C22H21N5O3S/c1-13-5-4-6-19(14(13)2)30-11-20(29)24-21-25-22-27(26-21)18(12-31-22)16-7-9-17(10-8-16)23-15(3)28/h4-10,12H,11H2,1-3H3,(H,23,28)(H,24,26,29). The minimum atomic E-state index is -0.333. The van der Waals surface area contributed by atoms with Gasteiger partial charge in [0.2, 0.25) is 10.9 Å². The van der Waals surface area contributed by atoms with Crippen molar-refractivity contribution in [3.63, 3.8) is 0 Å². The molecule has 0 fully saturated rings. The average molecular weight is 436 g/mol. The monoisotopic (exact) mass is 435 g/mol. The molecule has 0 saturated carbocycles. The van der Waals surface area contributed by atoms with Gasteiger partial charge in [0, 0.05) is 23.6 Å². The van der Waals surface area contributed by atoms with Gasteiger partial charge in [-0.3, -0.25) is 14.9 Å². The Morgan fingerprint density at radius 1 is 1.10 bits per heavy atom. The number of ether oxygens (including phenoxy) is 1. The van der Waals surface area contributed by atoms with Crippen LogP contribution in [0.4, 0.5) is 11.6 Å². The van der Waals surface area contributed by atoms with Gasteiger partial charge in [-0.25, -0.2) is 4.52 Å². The first-order valence-corrected chi connectivity index (χ1v) is 10.5. The van der Waals surface area contributed by atoms with Gasteiger partial charge in [0.05, 0.1) is 5.69 Å². The zero-order valence-electron chi connectivity index (χ0n) is 17.3. The molecule has 2 N–H and O–H groups in total. The van der Waals surface area contributed by atoms with E-state index in [0.29, 0.717) is 10.7 Å². The number of aromatic nitrogens is 3. The van der Waals surface area contributed by atoms with Crippen molar-refractivity contribution in [3.05, 3.63) is 59.0 Å². The predicted molar refractivity (Wildman–Crippen MR) is 121 cm³/mol. The lowest BCUT2D eigenvalue weighted by molar-refractivity contribution is -0.118. The van der Waals surface area contributed by atoms with Crippen LogP contribution in [0, 0.1) is 13.8 Å². The molecular weight excluding hydrogens is 414 g/mol. The van der Waals surface area contributed by atoms with Gasteiger partial charge in [-0.2, -0.15) is 4.98 Å². The summed E-state index contributed by atoms with van der Waals surface area (Å²) in [6.07, 6.45) is 0. The van der Waals surface area contributed by atoms with E-state index in [1.54, 1.807) is 4.52 Å². The fourth-order valence-electron chi connectivity index (χ4n) is 3.04. The summed E-state index contributed by atoms with van der Waals surface area (Å²) in [5, 5.41) is 11.8. The molecule has 0 aliphatic carbocycles. The van der Waals surface area contributed by atoms with E-state index in [9.17, 15) is 9.59 Å². The summed E-state index contributed by atoms with van der Waals surface area (Å²) in [7, 11) is 0. The first kappa shape index (κ1) is 20.5. The van der Waals surface area contributed by atoms with E-state index >= 15 is 0 Å². The molecular formula is C22H21N5O3S. The van der Waals surface area contributed by atoms with Gasteiger partial charge < -0.3 is 10.1 Å². The zero-order valence-corrected chi connectivity index (χ0v) is 18.1. The van der Waals surface area contributed by atoms with Crippen LogP contribution >= 0.6 is 11.3 Å². The number of hydrogen-bond acceptors (Lipinski definition) is 6. The number of amides is 2. The molecule has 0 bridgehead atoms. The van der Waals surface area contributed by atoms with Crippen molar-refractivity contribution >= 4 is 39.7 Å². The van der Waals surface area contributed by atoms with E-state index < -0.39 is 0 Å². The minimum absolute atomic E-state index is 0.121. The molecule has 8 nitrogen and oxygen atoms in total. The smallest absolute Gasteiger partial charge is 0.264 e. The van der Waals surface area contributed by atoms with Gasteiger partial charge >= 0.3 is 0 Å². The lowest BCUT2D eigenvalue weighted by atomic mass is 10.1. The minimum Gasteiger partial charge on any atom is -0.483 e. The summed E-state index contributed by atoms with van der Waals surface area (Å²) in [6, 6.07) is 13.2. The maximum absolute atomic E-state index is 12.3. The molecule has 0 unspecified atom stereocenters. The molecule has 2 aromatic carbocycles. The quantitative estimate of drug-likeness (QED) is 0.476. The second kappa shape index (κ2) is 8.57. The van der Waals surface area contributed by atoms with E-state index in [0.717, 1.165) is 28.1 Å². The molecule has 2 heterocycles. The fourth-order valence-corrected chi connectivity index (χ4v) is 3.88. The largest absolute Gasteiger partial charge is 0.483 e. The molecule has 2 amide bonds. The van der Waals surface area contributed by atoms with Gasteiger partial charge in [-0.15, -0.1) is 16.4 Å². The van der Waals surface area contributed by atoms with Gasteiger partial charge in [0.15, 0.2) is 6.61 Å². The first-order chi connectivity index (χ1) is 14.9. The second-order valence-electron chi connectivity index (χ2n) is 7.04. The van der Waals surface area contributed by atoms with Gasteiger partial charge in [0.25, 0.3) is 11.9 Å². The van der Waals surface area contributed by atoms with Crippen LogP contribution < -0.4 is 15.4 Å². The van der Waals surface area contributed by atoms with Crippen molar-refractivity contribution < 1.29 is 14.3 Å². The van der Waals surface area contributed by atoms with Crippen LogP contribution in [0.3, 0.4) is 0 Å². The van der Waals surface area contributed by atoms with Crippen molar-refractivity contribution in [3.8, 4) is 17.0 Å². The number of fused-ring (bicyclic) bond motifs is 1. The lowest BCUT2D eigenvalue weighted by Gasteiger charge is -2.10. The van der Waals surface area contributed by atoms with Crippen LogP contribution in [0.5, 0.6) is 5.75 Å². The molecule has 0 aliphatic rings. The number of aryl methyl sites for hydroxylation is 1. The summed E-state index contributed by atoms with van der Waals surface area (Å²) in [5.41, 5.74) is 4.59. The maximum Gasteiger partial charge on any atom is 0.264 e. The highest BCUT2D eigenvalue weighted by Crippen LogP contribution is 2.27. The number of nitrogens with one attached hydrogen (secondary N) is 2. The molecule has 158 valence electrons. The summed E-state index contributed by atoms with van der Waals surface area (Å²) >= 11 is 1.42. The van der Waals surface area contributed by atoms with E-state index in [1.165, 1.54) is 18.3 Å². The molecule has 9 heteroatoms. The molecule has 2 aromatic heterocycles. The zero-order chi connectivity index (χ0) is 22.0. The number of thiazole rings is 1. The molecule has 0 spiro atoms. The molecule has 4 aromatic rings. The Morgan fingerprint density at radius 3 is 2.61 bits per heavy atom. The number of carbonyl (C=O) groups is 2. The van der Waals surface area contributed by atoms with Crippen LogP contribution in [0.15, 0.2) is 47.8 Å². The molecule has 4 rings (SSSR count). The number of benzene rings is 2. The molecule has 0 atom stereocenters. The van der Waals surface area contributed by atoms with Crippen LogP contribution in [-0.2, 0) is 9.59 Å². The van der Waals surface area contributed by atoms with Crippen molar-refractivity contribution in [1.29, 1.82) is 0 Å². The van der Waals surface area contributed by atoms with Crippen molar-refractivity contribution in [1.82, 2.24) is 14.6 Å². The topological polar surface area (TPSA) is 97.6 Å². The van der Waals surface area contributed by atoms with Crippen molar-refractivity contribution in [2.75, 3.05) is 17.2 Å². The Bertz CT molecular complexity index is 1260. The fraction of sp³-hybridized carbons (Fsp3) is 0.182. The third-order valence-electron chi connectivity index (χ3n) is 4.75. The maximum atomic E-state index is 12.3. The number of rotatable bonds is 6. The molecule has 0 aliphatic heterocycles. The highest BCUT2D eigenvalue weighted by atomic mass is 32.1. The van der Waals surface area contributed by atoms with E-state index in [4.69, 9.17) is 4.74 Å².